The van der Waals surface area contributed by atoms with E-state index in [1.54, 1.807) is 11.0 Å². The molecule has 2 saturated heterocycles. The summed E-state index contributed by atoms with van der Waals surface area (Å²) in [6, 6.07) is 4.42. The number of carbonyl (C=O) groups excluding carboxylic acids is 1. The minimum atomic E-state index is -0.466. The van der Waals surface area contributed by atoms with Crippen molar-refractivity contribution in [2.45, 2.75) is 25.4 Å². The van der Waals surface area contributed by atoms with Gasteiger partial charge in [-0.05, 0) is 30.9 Å². The molecule has 1 amide bonds. The Hall–Kier alpha value is -1.21. The van der Waals surface area contributed by atoms with Crippen LogP contribution in [0.4, 0.5) is 4.39 Å². The third-order valence-corrected chi connectivity index (χ3v) is 5.96. The van der Waals surface area contributed by atoms with E-state index in [0.717, 1.165) is 32.5 Å². The first-order valence-electron chi connectivity index (χ1n) is 9.20. The van der Waals surface area contributed by atoms with Crippen molar-refractivity contribution in [1.82, 2.24) is 9.80 Å². The molecule has 7 heteroatoms. The highest BCUT2D eigenvalue weighted by Gasteiger charge is 2.36. The maximum atomic E-state index is 13.9. The van der Waals surface area contributed by atoms with E-state index in [0.29, 0.717) is 13.1 Å². The average molecular weight is 385 g/mol. The molecule has 1 aromatic carbocycles. The summed E-state index contributed by atoms with van der Waals surface area (Å²) in [4.78, 5) is 16.6. The number of hydrogen-bond donors (Lipinski definition) is 2. The summed E-state index contributed by atoms with van der Waals surface area (Å²) in [6.07, 6.45) is 1.26. The van der Waals surface area contributed by atoms with Crippen LogP contribution in [-0.2, 0) is 11.2 Å². The lowest BCUT2D eigenvalue weighted by molar-refractivity contribution is -0.129. The predicted octanol–water partition coefficient (Wildman–Crippen LogP) is 1.55. The summed E-state index contributed by atoms with van der Waals surface area (Å²) >= 11 is 6.03. The Balaban J connectivity index is 1.60. The second-order valence-electron chi connectivity index (χ2n) is 7.41. The molecule has 0 aromatic heterocycles. The molecule has 2 aliphatic heterocycles. The van der Waals surface area contributed by atoms with Gasteiger partial charge in [0.15, 0.2) is 0 Å². The van der Waals surface area contributed by atoms with Crippen LogP contribution < -0.4 is 0 Å². The number of piperidine rings is 1. The van der Waals surface area contributed by atoms with Crippen LogP contribution in [-0.4, -0.2) is 71.4 Å². The molecule has 0 radical (unpaired) electrons. The van der Waals surface area contributed by atoms with Crippen molar-refractivity contribution in [3.05, 3.63) is 34.6 Å². The van der Waals surface area contributed by atoms with E-state index in [1.165, 1.54) is 12.1 Å². The lowest BCUT2D eigenvalue weighted by Gasteiger charge is -2.32. The Morgan fingerprint density at radius 2 is 1.92 bits per heavy atom. The topological polar surface area (TPSA) is 64.0 Å². The van der Waals surface area contributed by atoms with Gasteiger partial charge in [0.05, 0.1) is 12.5 Å². The van der Waals surface area contributed by atoms with Gasteiger partial charge >= 0.3 is 0 Å². The summed E-state index contributed by atoms with van der Waals surface area (Å²) in [7, 11) is 0. The lowest BCUT2D eigenvalue weighted by Crippen LogP contribution is -2.41. The second kappa shape index (κ2) is 8.65. The van der Waals surface area contributed by atoms with Crippen LogP contribution in [0.5, 0.6) is 0 Å². The van der Waals surface area contributed by atoms with Gasteiger partial charge in [0.2, 0.25) is 5.91 Å². The van der Waals surface area contributed by atoms with Gasteiger partial charge in [-0.2, -0.15) is 0 Å². The molecule has 2 atom stereocenters. The number of aliphatic hydroxyl groups is 2. The van der Waals surface area contributed by atoms with E-state index in [2.05, 4.69) is 4.90 Å². The van der Waals surface area contributed by atoms with Crippen molar-refractivity contribution in [2.75, 3.05) is 39.3 Å². The summed E-state index contributed by atoms with van der Waals surface area (Å²) in [5, 5.41) is 19.6. The zero-order valence-corrected chi connectivity index (χ0v) is 15.5. The molecule has 2 heterocycles. The molecular weight excluding hydrogens is 359 g/mol. The number of hydrogen-bond acceptors (Lipinski definition) is 4. The average Bonchev–Trinajstić information content (AvgIpc) is 3.03. The van der Waals surface area contributed by atoms with Crippen LogP contribution in [0.1, 0.15) is 18.4 Å². The van der Waals surface area contributed by atoms with Gasteiger partial charge < -0.3 is 20.0 Å². The van der Waals surface area contributed by atoms with Crippen molar-refractivity contribution in [3.63, 3.8) is 0 Å². The highest BCUT2D eigenvalue weighted by Crippen LogP contribution is 2.27. The Morgan fingerprint density at radius 1 is 1.23 bits per heavy atom. The molecule has 2 aliphatic rings. The smallest absolute Gasteiger partial charge is 0.227 e. The van der Waals surface area contributed by atoms with Gasteiger partial charge in [-0.3, -0.25) is 4.79 Å². The molecule has 0 spiro atoms. The number of halogens is 2. The highest BCUT2D eigenvalue weighted by atomic mass is 35.5. The van der Waals surface area contributed by atoms with Gasteiger partial charge in [-0.1, -0.05) is 17.7 Å². The van der Waals surface area contributed by atoms with Crippen LogP contribution in [0, 0.1) is 17.7 Å². The van der Waals surface area contributed by atoms with Gasteiger partial charge in [-0.25, -0.2) is 4.39 Å². The predicted molar refractivity (Wildman–Crippen MR) is 97.4 cm³/mol. The third-order valence-electron chi connectivity index (χ3n) is 5.60. The summed E-state index contributed by atoms with van der Waals surface area (Å²) in [6.45, 7) is 3.58. The molecule has 0 aliphatic carbocycles. The molecule has 5 nitrogen and oxygen atoms in total. The fourth-order valence-electron chi connectivity index (χ4n) is 3.95. The summed E-state index contributed by atoms with van der Waals surface area (Å²) in [5.74, 6) is -0.406. The Kier molecular flexibility index (Phi) is 6.51. The number of carbonyl (C=O) groups is 1. The monoisotopic (exact) mass is 384 g/mol. The van der Waals surface area contributed by atoms with E-state index in [-0.39, 0.29) is 47.5 Å². The molecule has 0 bridgehead atoms. The van der Waals surface area contributed by atoms with Gasteiger partial charge in [0.1, 0.15) is 5.82 Å². The van der Waals surface area contributed by atoms with Crippen molar-refractivity contribution >= 4 is 17.5 Å². The minimum absolute atomic E-state index is 0.0295. The van der Waals surface area contributed by atoms with Gasteiger partial charge in [-0.15, -0.1) is 0 Å². The number of benzene rings is 1. The number of nitrogens with zero attached hydrogens (tertiary/aromatic N) is 2. The SMILES string of the molecule is O=C(Cc1c(F)cccc1Cl)N1C[C@@H](CN2CCC(O)CC2)[C@@H](CO)C1. The van der Waals surface area contributed by atoms with Crippen LogP contribution in [0.25, 0.3) is 0 Å². The standard InChI is InChI=1S/C19H26ClFN2O3/c20-17-2-1-3-18(21)16(17)8-19(26)23-10-13(14(11-23)12-24)9-22-6-4-15(25)5-7-22/h1-3,13-15,24-25H,4-12H2/t13-,14-/m1/s1. The van der Waals surface area contributed by atoms with E-state index in [1.807, 2.05) is 0 Å². The van der Waals surface area contributed by atoms with Crippen molar-refractivity contribution in [2.24, 2.45) is 11.8 Å². The first-order chi connectivity index (χ1) is 12.5. The first kappa shape index (κ1) is 19.5. The maximum absolute atomic E-state index is 13.9. The van der Waals surface area contributed by atoms with E-state index < -0.39 is 5.82 Å². The summed E-state index contributed by atoms with van der Waals surface area (Å²) < 4.78 is 13.9. The Morgan fingerprint density at radius 3 is 2.58 bits per heavy atom. The second-order valence-corrected chi connectivity index (χ2v) is 7.82. The zero-order chi connectivity index (χ0) is 18.7. The van der Waals surface area contributed by atoms with Gasteiger partial charge in [0, 0.05) is 55.8 Å². The molecule has 26 heavy (non-hydrogen) atoms. The van der Waals surface area contributed by atoms with Crippen molar-refractivity contribution in [1.29, 1.82) is 0 Å². The Labute approximate surface area is 158 Å². The van der Waals surface area contributed by atoms with Crippen molar-refractivity contribution in [3.8, 4) is 0 Å². The zero-order valence-electron chi connectivity index (χ0n) is 14.8. The molecule has 3 rings (SSSR count). The molecule has 2 fully saturated rings. The quantitative estimate of drug-likeness (QED) is 0.808. The number of rotatable bonds is 5. The van der Waals surface area contributed by atoms with Gasteiger partial charge in [0.25, 0.3) is 0 Å². The summed E-state index contributed by atoms with van der Waals surface area (Å²) in [5.41, 5.74) is 0.230. The van der Waals surface area contributed by atoms with E-state index >= 15 is 0 Å². The van der Waals surface area contributed by atoms with Crippen LogP contribution in [0.15, 0.2) is 18.2 Å². The first-order valence-corrected chi connectivity index (χ1v) is 9.57. The minimum Gasteiger partial charge on any atom is -0.396 e. The fourth-order valence-corrected chi connectivity index (χ4v) is 4.18. The van der Waals surface area contributed by atoms with E-state index in [9.17, 15) is 19.4 Å². The number of amides is 1. The maximum Gasteiger partial charge on any atom is 0.227 e. The molecule has 1 aromatic rings. The lowest BCUT2D eigenvalue weighted by atomic mass is 9.95. The molecule has 0 unspecified atom stereocenters. The normalized spacial score (nSPS) is 25.0. The molecule has 0 saturated carbocycles. The number of likely N-dealkylation sites (tertiary alicyclic amines) is 2. The highest BCUT2D eigenvalue weighted by molar-refractivity contribution is 6.31. The van der Waals surface area contributed by atoms with Crippen LogP contribution >= 0.6 is 11.6 Å². The number of aliphatic hydroxyl groups excluding tert-OH is 2. The molecule has 144 valence electrons. The van der Waals surface area contributed by atoms with E-state index in [4.69, 9.17) is 11.6 Å². The van der Waals surface area contributed by atoms with Crippen LogP contribution in [0.2, 0.25) is 5.02 Å². The van der Waals surface area contributed by atoms with Crippen molar-refractivity contribution < 1.29 is 19.4 Å². The van der Waals surface area contributed by atoms with Crippen LogP contribution in [0.3, 0.4) is 0 Å². The fraction of sp³-hybridized carbons (Fsp3) is 0.632. The third kappa shape index (κ3) is 4.55. The molecule has 2 N–H and O–H groups in total. The molecular formula is C19H26ClFN2O3. The Bertz CT molecular complexity index is 617. The largest absolute Gasteiger partial charge is 0.396 e.